The summed E-state index contributed by atoms with van der Waals surface area (Å²) in [5.74, 6) is -1.26. The van der Waals surface area contributed by atoms with Crippen LogP contribution in [0, 0.1) is 11.8 Å². The summed E-state index contributed by atoms with van der Waals surface area (Å²) >= 11 is 0. The third-order valence-electron chi connectivity index (χ3n) is 3.72. The maximum atomic E-state index is 12.0. The van der Waals surface area contributed by atoms with E-state index in [9.17, 15) is 9.59 Å². The second kappa shape index (κ2) is 6.61. The Morgan fingerprint density at radius 2 is 1.95 bits per heavy atom. The van der Waals surface area contributed by atoms with Gasteiger partial charge in [-0.25, -0.2) is 0 Å². The molecule has 0 bridgehead atoms. The topological polar surface area (TPSA) is 75.6 Å². The van der Waals surface area contributed by atoms with Gasteiger partial charge in [0.05, 0.1) is 17.9 Å². The lowest BCUT2D eigenvalue weighted by molar-refractivity contribution is -0.152. The van der Waals surface area contributed by atoms with E-state index in [4.69, 9.17) is 9.84 Å². The molecule has 0 radical (unpaired) electrons. The molecule has 0 saturated heterocycles. The van der Waals surface area contributed by atoms with Crippen LogP contribution in [0.15, 0.2) is 24.3 Å². The minimum atomic E-state index is -0.884. The number of rotatable bonds is 6. The predicted molar refractivity (Wildman–Crippen MR) is 77.9 cm³/mol. The summed E-state index contributed by atoms with van der Waals surface area (Å²) in [6.07, 6.45) is 1.29. The Hall–Kier alpha value is -2.04. The Kier molecular flexibility index (Phi) is 4.83. The molecule has 5 nitrogen and oxygen atoms in total. The van der Waals surface area contributed by atoms with E-state index in [1.807, 2.05) is 38.1 Å². The summed E-state index contributed by atoms with van der Waals surface area (Å²) in [6.45, 7) is 4.24. The van der Waals surface area contributed by atoms with Gasteiger partial charge in [-0.2, -0.15) is 0 Å². The van der Waals surface area contributed by atoms with E-state index in [1.165, 1.54) is 0 Å². The van der Waals surface area contributed by atoms with E-state index in [-0.39, 0.29) is 12.0 Å². The van der Waals surface area contributed by atoms with E-state index in [2.05, 4.69) is 5.32 Å². The highest BCUT2D eigenvalue weighted by molar-refractivity contribution is 5.86. The molecule has 1 aliphatic rings. The highest BCUT2D eigenvalue weighted by Crippen LogP contribution is 2.34. The summed E-state index contributed by atoms with van der Waals surface area (Å²) in [4.78, 5) is 23.0. The number of carbonyl (C=O) groups is 2. The predicted octanol–water partition coefficient (Wildman–Crippen LogP) is 2.20. The second-order valence-electron chi connectivity index (χ2n) is 5.62. The van der Waals surface area contributed by atoms with Crippen molar-refractivity contribution in [1.82, 2.24) is 5.32 Å². The van der Waals surface area contributed by atoms with E-state index in [0.29, 0.717) is 19.4 Å². The molecule has 0 aromatic heterocycles. The Morgan fingerprint density at radius 1 is 1.29 bits per heavy atom. The van der Waals surface area contributed by atoms with Gasteiger partial charge in [0, 0.05) is 12.1 Å². The van der Waals surface area contributed by atoms with Gasteiger partial charge in [0.15, 0.2) is 0 Å². The molecule has 1 fully saturated rings. The number of benzene rings is 1. The number of hydrogen-bond donors (Lipinski definition) is 2. The number of amides is 1. The Morgan fingerprint density at radius 3 is 2.52 bits per heavy atom. The fraction of sp³-hybridized carbons (Fsp3) is 0.500. The lowest BCUT2D eigenvalue weighted by Crippen LogP contribution is -2.43. The lowest BCUT2D eigenvalue weighted by Gasteiger charge is -2.32. The molecule has 114 valence electrons. The van der Waals surface area contributed by atoms with Gasteiger partial charge in [-0.1, -0.05) is 18.2 Å². The maximum absolute atomic E-state index is 12.0. The third-order valence-corrected chi connectivity index (χ3v) is 3.72. The number of ether oxygens (including phenoxy) is 1. The highest BCUT2D eigenvalue weighted by atomic mass is 16.5. The Labute approximate surface area is 124 Å². The van der Waals surface area contributed by atoms with Gasteiger partial charge in [-0.3, -0.25) is 9.59 Å². The largest absolute Gasteiger partial charge is 0.491 e. The van der Waals surface area contributed by atoms with Gasteiger partial charge in [0.2, 0.25) is 5.91 Å². The van der Waals surface area contributed by atoms with Crippen LogP contribution in [0.25, 0.3) is 0 Å². The summed E-state index contributed by atoms with van der Waals surface area (Å²) in [5, 5.41) is 11.8. The number of hydrogen-bond acceptors (Lipinski definition) is 3. The summed E-state index contributed by atoms with van der Waals surface area (Å²) < 4.78 is 5.69. The molecule has 1 amide bonds. The van der Waals surface area contributed by atoms with Crippen molar-refractivity contribution in [2.75, 3.05) is 0 Å². The highest BCUT2D eigenvalue weighted by Gasteiger charge is 2.41. The monoisotopic (exact) mass is 291 g/mol. The first kappa shape index (κ1) is 15.4. The van der Waals surface area contributed by atoms with Crippen molar-refractivity contribution in [3.05, 3.63) is 29.8 Å². The molecule has 2 rings (SSSR count). The SMILES string of the molecule is CC(C)Oc1ccccc1CNC(=O)C1CCC1C(=O)O. The van der Waals surface area contributed by atoms with Crippen molar-refractivity contribution in [1.29, 1.82) is 0 Å². The van der Waals surface area contributed by atoms with Crippen molar-refractivity contribution in [3.63, 3.8) is 0 Å². The number of carboxylic acid groups (broad SMARTS) is 1. The molecule has 0 aliphatic heterocycles. The number of aliphatic carboxylic acids is 1. The molecular weight excluding hydrogens is 270 g/mol. The number of nitrogens with one attached hydrogen (secondary N) is 1. The van der Waals surface area contributed by atoms with E-state index < -0.39 is 17.8 Å². The van der Waals surface area contributed by atoms with Crippen LogP contribution >= 0.6 is 0 Å². The first-order valence-electron chi connectivity index (χ1n) is 7.24. The standard InChI is InChI=1S/C16H21NO4/c1-10(2)21-14-6-4-3-5-11(14)9-17-15(18)12-7-8-13(12)16(19)20/h3-6,10,12-13H,7-9H2,1-2H3,(H,17,18)(H,19,20). The third kappa shape index (κ3) is 3.74. The van der Waals surface area contributed by atoms with Crippen molar-refractivity contribution < 1.29 is 19.4 Å². The fourth-order valence-electron chi connectivity index (χ4n) is 2.44. The van der Waals surface area contributed by atoms with Gasteiger partial charge >= 0.3 is 5.97 Å². The normalized spacial score (nSPS) is 20.7. The zero-order valence-corrected chi connectivity index (χ0v) is 12.3. The van der Waals surface area contributed by atoms with Crippen molar-refractivity contribution in [2.45, 2.75) is 39.3 Å². The van der Waals surface area contributed by atoms with Crippen LogP contribution in [0.4, 0.5) is 0 Å². The molecule has 1 aliphatic carbocycles. The first-order chi connectivity index (χ1) is 9.99. The maximum Gasteiger partial charge on any atom is 0.307 e. The van der Waals surface area contributed by atoms with E-state index in [0.717, 1.165) is 11.3 Å². The van der Waals surface area contributed by atoms with Crippen LogP contribution in [-0.2, 0) is 16.1 Å². The first-order valence-corrected chi connectivity index (χ1v) is 7.24. The van der Waals surface area contributed by atoms with Gasteiger partial charge in [-0.05, 0) is 32.8 Å². The second-order valence-corrected chi connectivity index (χ2v) is 5.62. The smallest absolute Gasteiger partial charge is 0.307 e. The molecule has 1 aromatic rings. The molecule has 2 unspecified atom stereocenters. The molecule has 5 heteroatoms. The van der Waals surface area contributed by atoms with Crippen LogP contribution in [0.2, 0.25) is 0 Å². The Balaban J connectivity index is 1.94. The molecule has 21 heavy (non-hydrogen) atoms. The van der Waals surface area contributed by atoms with Gasteiger partial charge in [-0.15, -0.1) is 0 Å². The van der Waals surface area contributed by atoms with E-state index >= 15 is 0 Å². The number of para-hydroxylation sites is 1. The van der Waals surface area contributed by atoms with Gasteiger partial charge in [0.25, 0.3) is 0 Å². The zero-order valence-electron chi connectivity index (χ0n) is 12.3. The van der Waals surface area contributed by atoms with Crippen LogP contribution < -0.4 is 10.1 Å². The van der Waals surface area contributed by atoms with Crippen LogP contribution in [0.1, 0.15) is 32.3 Å². The van der Waals surface area contributed by atoms with Crippen LogP contribution in [0.3, 0.4) is 0 Å². The summed E-state index contributed by atoms with van der Waals surface area (Å²) in [5.41, 5.74) is 0.894. The average Bonchev–Trinajstić information content (AvgIpc) is 2.35. The minimum Gasteiger partial charge on any atom is -0.491 e. The summed E-state index contributed by atoms with van der Waals surface area (Å²) in [6, 6.07) is 7.53. The molecule has 0 heterocycles. The quantitative estimate of drug-likeness (QED) is 0.842. The van der Waals surface area contributed by atoms with Gasteiger partial charge < -0.3 is 15.2 Å². The van der Waals surface area contributed by atoms with Crippen molar-refractivity contribution in [2.24, 2.45) is 11.8 Å². The van der Waals surface area contributed by atoms with Crippen molar-refractivity contribution in [3.8, 4) is 5.75 Å². The lowest BCUT2D eigenvalue weighted by atomic mass is 9.73. The molecule has 2 N–H and O–H groups in total. The van der Waals surface area contributed by atoms with Crippen LogP contribution in [-0.4, -0.2) is 23.1 Å². The molecule has 0 spiro atoms. The number of carbonyl (C=O) groups excluding carboxylic acids is 1. The Bertz CT molecular complexity index is 527. The minimum absolute atomic E-state index is 0.0601. The molecular formula is C16H21NO4. The average molecular weight is 291 g/mol. The fourth-order valence-corrected chi connectivity index (χ4v) is 2.44. The van der Waals surface area contributed by atoms with Gasteiger partial charge in [0.1, 0.15) is 5.75 Å². The number of carboxylic acids is 1. The zero-order chi connectivity index (χ0) is 15.4. The molecule has 2 atom stereocenters. The van der Waals surface area contributed by atoms with Crippen LogP contribution in [0.5, 0.6) is 5.75 Å². The molecule has 1 saturated carbocycles. The molecule has 1 aromatic carbocycles. The van der Waals surface area contributed by atoms with E-state index in [1.54, 1.807) is 0 Å². The summed E-state index contributed by atoms with van der Waals surface area (Å²) in [7, 11) is 0. The van der Waals surface area contributed by atoms with Crippen molar-refractivity contribution >= 4 is 11.9 Å².